The molecule has 0 spiro atoms. The summed E-state index contributed by atoms with van der Waals surface area (Å²) < 4.78 is 23.0. The molecule has 15 nitrogen and oxygen atoms in total. The van der Waals surface area contributed by atoms with Crippen LogP contribution in [0.1, 0.15) is 11.8 Å². The molecule has 1 saturated heterocycles. The van der Waals surface area contributed by atoms with Gasteiger partial charge in [0.2, 0.25) is 5.91 Å². The summed E-state index contributed by atoms with van der Waals surface area (Å²) in [5.41, 5.74) is 13.0. The predicted octanol–water partition coefficient (Wildman–Crippen LogP) is -1.46. The van der Waals surface area contributed by atoms with Crippen molar-refractivity contribution in [3.05, 3.63) is 42.5 Å². The Hall–Kier alpha value is -3.17. The van der Waals surface area contributed by atoms with E-state index >= 15 is 0 Å². The van der Waals surface area contributed by atoms with Crippen LogP contribution in [0.2, 0.25) is 0 Å². The molecule has 1 aliphatic heterocycles. The number of carbonyl (C=O) groups excluding carboxylic acids is 1. The van der Waals surface area contributed by atoms with Crippen LogP contribution in [-0.4, -0.2) is 76.3 Å². The molecule has 1 fully saturated rings. The second-order valence-electron chi connectivity index (χ2n) is 7.94. The average molecular weight is 509 g/mol. The number of rotatable bonds is 8. The summed E-state index contributed by atoms with van der Waals surface area (Å²) in [7, 11) is -4.87. The maximum absolute atomic E-state index is 12.8. The van der Waals surface area contributed by atoms with Gasteiger partial charge < -0.3 is 41.5 Å². The van der Waals surface area contributed by atoms with Crippen LogP contribution in [0.25, 0.3) is 11.2 Å². The molecule has 0 radical (unpaired) electrons. The van der Waals surface area contributed by atoms with E-state index in [0.717, 1.165) is 0 Å². The van der Waals surface area contributed by atoms with Gasteiger partial charge in [-0.05, 0) is 24.1 Å². The van der Waals surface area contributed by atoms with Gasteiger partial charge in [0, 0.05) is 0 Å². The summed E-state index contributed by atoms with van der Waals surface area (Å²) in [6, 6.07) is 3.96. The number of anilines is 1. The highest BCUT2D eigenvalue weighted by Gasteiger charge is 2.47. The largest absolute Gasteiger partial charge is 0.508 e. The van der Waals surface area contributed by atoms with Gasteiger partial charge in [-0.2, -0.15) is 0 Å². The van der Waals surface area contributed by atoms with Crippen LogP contribution < -0.4 is 16.8 Å². The first-order valence-corrected chi connectivity index (χ1v) is 11.9. The number of amides is 1. The number of aromatic hydroxyl groups is 1. The van der Waals surface area contributed by atoms with Crippen LogP contribution in [-0.2, 0) is 25.0 Å². The van der Waals surface area contributed by atoms with Crippen LogP contribution in [0, 0.1) is 0 Å². The second-order valence-corrected chi connectivity index (χ2v) is 9.18. The minimum atomic E-state index is -4.87. The quantitative estimate of drug-likeness (QED) is 0.172. The minimum Gasteiger partial charge on any atom is -0.508 e. The van der Waals surface area contributed by atoms with Crippen molar-refractivity contribution in [2.24, 2.45) is 5.73 Å². The highest BCUT2D eigenvalue weighted by atomic mass is 31.2. The number of hydrogen-bond acceptors (Lipinski definition) is 11. The Labute approximate surface area is 198 Å². The van der Waals surface area contributed by atoms with Gasteiger partial charge in [0.25, 0.3) is 0 Å². The molecular weight excluding hydrogens is 485 g/mol. The van der Waals surface area contributed by atoms with Crippen molar-refractivity contribution in [1.82, 2.24) is 24.8 Å². The van der Waals surface area contributed by atoms with Crippen LogP contribution in [0.3, 0.4) is 0 Å². The number of nitrogens with zero attached hydrogens (tertiary/aromatic N) is 4. The van der Waals surface area contributed by atoms with Gasteiger partial charge in [-0.25, -0.2) is 19.5 Å². The fraction of sp³-hybridized carbons (Fsp3) is 0.368. The summed E-state index contributed by atoms with van der Waals surface area (Å²) in [6.45, 7) is -0.639. The van der Waals surface area contributed by atoms with Gasteiger partial charge in [0.1, 0.15) is 29.8 Å². The van der Waals surface area contributed by atoms with Crippen LogP contribution in [0.15, 0.2) is 36.9 Å². The Kier molecular flexibility index (Phi) is 7.00. The van der Waals surface area contributed by atoms with Gasteiger partial charge in [0.15, 0.2) is 17.7 Å². The molecule has 1 aromatic carbocycles. The van der Waals surface area contributed by atoms with E-state index in [-0.39, 0.29) is 29.2 Å². The smallest absolute Gasteiger partial charge is 0.469 e. The lowest BCUT2D eigenvalue weighted by atomic mass is 10.0. The Morgan fingerprint density at radius 3 is 2.66 bits per heavy atom. The molecule has 9 N–H and O–H groups in total. The summed E-state index contributed by atoms with van der Waals surface area (Å²) in [4.78, 5) is 43.1. The van der Waals surface area contributed by atoms with E-state index in [1.165, 1.54) is 29.4 Å². The summed E-state index contributed by atoms with van der Waals surface area (Å²) >= 11 is 0. The van der Waals surface area contributed by atoms with E-state index in [4.69, 9.17) is 26.0 Å². The number of nitrogens with two attached hydrogens (primary N) is 2. The number of phosphoric acid groups is 1. The van der Waals surface area contributed by atoms with Gasteiger partial charge in [0.05, 0.1) is 25.0 Å². The second kappa shape index (κ2) is 9.83. The molecule has 3 aromatic rings. The number of nitrogens with one attached hydrogen (secondary N) is 1. The standard InChI is InChI=1S/C19H24N7O8P/c20-11(5-9-1-3-10(27)4-2-9)18(29)25-13-12(6-33-35(30,31)32)34-19(15(13)28)26-8-24-14-16(21)22-7-23-17(14)26/h1-4,7-8,11-13,15,19,27-28H,5-6,20H2,(H,25,29)(H2,21,22,23)(H2,30,31,32). The fourth-order valence-corrected chi connectivity index (χ4v) is 4.11. The number of phosphoric ester groups is 1. The van der Waals surface area contributed by atoms with Crippen molar-refractivity contribution in [2.75, 3.05) is 12.3 Å². The van der Waals surface area contributed by atoms with Crippen molar-refractivity contribution in [3.8, 4) is 5.75 Å². The zero-order valence-corrected chi connectivity index (χ0v) is 19.0. The minimum absolute atomic E-state index is 0.0657. The lowest BCUT2D eigenvalue weighted by Crippen LogP contribution is -2.53. The lowest BCUT2D eigenvalue weighted by Gasteiger charge is -2.23. The third-order valence-corrected chi connectivity index (χ3v) is 5.97. The molecule has 16 heteroatoms. The number of carbonyl (C=O) groups is 1. The Morgan fingerprint density at radius 1 is 1.26 bits per heavy atom. The van der Waals surface area contributed by atoms with E-state index in [9.17, 15) is 19.6 Å². The van der Waals surface area contributed by atoms with E-state index in [2.05, 4.69) is 24.8 Å². The van der Waals surface area contributed by atoms with Gasteiger partial charge in [-0.1, -0.05) is 12.1 Å². The first kappa shape index (κ1) is 24.9. The SMILES string of the molecule is Nc1ncnc2c1ncn2C1OC(COP(=O)(O)O)C(NC(=O)C(N)Cc2ccc(O)cc2)C1O. The van der Waals surface area contributed by atoms with Crippen LogP contribution >= 0.6 is 7.82 Å². The third-order valence-electron chi connectivity index (χ3n) is 5.48. The number of ether oxygens (including phenoxy) is 1. The molecule has 2 aromatic heterocycles. The number of hydrogen-bond donors (Lipinski definition) is 7. The molecule has 0 saturated carbocycles. The molecule has 5 unspecified atom stereocenters. The van der Waals surface area contributed by atoms with Crippen molar-refractivity contribution in [2.45, 2.75) is 36.9 Å². The van der Waals surface area contributed by atoms with Crippen molar-refractivity contribution in [1.29, 1.82) is 0 Å². The molecule has 4 rings (SSSR count). The van der Waals surface area contributed by atoms with Gasteiger partial charge >= 0.3 is 7.82 Å². The third kappa shape index (κ3) is 5.57. The Bertz CT molecular complexity index is 1250. The molecule has 188 valence electrons. The molecule has 0 aliphatic carbocycles. The van der Waals surface area contributed by atoms with Crippen LogP contribution in [0.5, 0.6) is 5.75 Å². The topological polar surface area (TPSA) is 241 Å². The number of fused-ring (bicyclic) bond motifs is 1. The highest BCUT2D eigenvalue weighted by Crippen LogP contribution is 2.39. The monoisotopic (exact) mass is 509 g/mol. The Balaban J connectivity index is 1.54. The van der Waals surface area contributed by atoms with E-state index in [0.29, 0.717) is 5.56 Å². The van der Waals surface area contributed by atoms with Crippen molar-refractivity contribution < 1.29 is 38.6 Å². The highest BCUT2D eigenvalue weighted by molar-refractivity contribution is 7.46. The first-order chi connectivity index (χ1) is 16.5. The summed E-state index contributed by atoms with van der Waals surface area (Å²) in [5, 5.41) is 23.0. The number of imidazole rings is 1. The lowest BCUT2D eigenvalue weighted by molar-refractivity contribution is -0.124. The maximum Gasteiger partial charge on any atom is 0.469 e. The number of phenols is 1. The first-order valence-electron chi connectivity index (χ1n) is 10.3. The van der Waals surface area contributed by atoms with Gasteiger partial charge in [-0.15, -0.1) is 0 Å². The van der Waals surface area contributed by atoms with Crippen molar-refractivity contribution >= 4 is 30.7 Å². The fourth-order valence-electron chi connectivity index (χ4n) is 3.77. The number of nitrogen functional groups attached to an aromatic ring is 1. The van der Waals surface area contributed by atoms with E-state index in [1.807, 2.05) is 0 Å². The number of aromatic nitrogens is 4. The molecule has 35 heavy (non-hydrogen) atoms. The zero-order valence-electron chi connectivity index (χ0n) is 18.1. The van der Waals surface area contributed by atoms with E-state index in [1.54, 1.807) is 12.1 Å². The van der Waals surface area contributed by atoms with Crippen LogP contribution in [0.4, 0.5) is 5.82 Å². The van der Waals surface area contributed by atoms with Crippen molar-refractivity contribution in [3.63, 3.8) is 0 Å². The molecule has 5 atom stereocenters. The average Bonchev–Trinajstić information content (AvgIpc) is 3.35. The van der Waals surface area contributed by atoms with Gasteiger partial charge in [-0.3, -0.25) is 13.9 Å². The Morgan fingerprint density at radius 2 is 1.97 bits per heavy atom. The number of aliphatic hydroxyl groups excluding tert-OH is 1. The number of benzene rings is 1. The number of aliphatic hydroxyl groups is 1. The molecule has 1 aliphatic rings. The summed E-state index contributed by atoms with van der Waals surface area (Å²) in [6.07, 6.45) is -1.08. The molecule has 3 heterocycles. The number of phenolic OH excluding ortho intramolecular Hbond substituents is 1. The zero-order chi connectivity index (χ0) is 25.3. The summed E-state index contributed by atoms with van der Waals surface area (Å²) in [5.74, 6) is -0.474. The maximum atomic E-state index is 12.8. The van der Waals surface area contributed by atoms with E-state index < -0.39 is 50.9 Å². The normalized spacial score (nSPS) is 23.4. The molecule has 1 amide bonds. The molecular formula is C19H24N7O8P. The predicted molar refractivity (Wildman–Crippen MR) is 119 cm³/mol. The molecule has 0 bridgehead atoms.